The van der Waals surface area contributed by atoms with Crippen LogP contribution in [0.2, 0.25) is 0 Å². The first-order chi connectivity index (χ1) is 10.5. The third-order valence-corrected chi connectivity index (χ3v) is 4.36. The molecular weight excluding hydrogens is 302 g/mol. The van der Waals surface area contributed by atoms with Gasteiger partial charge in [0.15, 0.2) is 0 Å². The van der Waals surface area contributed by atoms with Gasteiger partial charge in [0.2, 0.25) is 10.0 Å². The molecule has 1 N–H and O–H groups in total. The van der Waals surface area contributed by atoms with Crippen molar-refractivity contribution in [3.05, 3.63) is 65.7 Å². The molecule has 0 spiro atoms. The maximum absolute atomic E-state index is 12.3. The molecule has 0 bridgehead atoms. The highest BCUT2D eigenvalue weighted by atomic mass is 32.2. The molecule has 0 aromatic heterocycles. The number of rotatable bonds is 6. The maximum Gasteiger partial charge on any atom is 0.338 e. The van der Waals surface area contributed by atoms with Crippen molar-refractivity contribution in [2.45, 2.75) is 18.4 Å². The summed E-state index contributed by atoms with van der Waals surface area (Å²) in [5.41, 5.74) is 1.07. The van der Waals surface area contributed by atoms with E-state index in [1.165, 1.54) is 24.3 Å². The zero-order valence-electron chi connectivity index (χ0n) is 12.2. The van der Waals surface area contributed by atoms with E-state index in [1.807, 2.05) is 30.3 Å². The van der Waals surface area contributed by atoms with E-state index in [0.717, 1.165) is 5.56 Å². The van der Waals surface area contributed by atoms with Crippen molar-refractivity contribution >= 4 is 16.0 Å². The third-order valence-electron chi connectivity index (χ3n) is 2.96. The highest BCUT2D eigenvalue weighted by Crippen LogP contribution is 2.13. The van der Waals surface area contributed by atoms with Crippen LogP contribution in [-0.4, -0.2) is 21.0 Å². The predicted molar refractivity (Wildman–Crippen MR) is 82.9 cm³/mol. The van der Waals surface area contributed by atoms with Gasteiger partial charge in [0.05, 0.1) is 17.1 Å². The zero-order valence-corrected chi connectivity index (χ0v) is 13.0. The van der Waals surface area contributed by atoms with Crippen LogP contribution >= 0.6 is 0 Å². The molecule has 0 saturated carbocycles. The Labute approximate surface area is 130 Å². The summed E-state index contributed by atoms with van der Waals surface area (Å²) in [5, 5.41) is 0. The minimum Gasteiger partial charge on any atom is -0.462 e. The van der Waals surface area contributed by atoms with Crippen molar-refractivity contribution in [2.75, 3.05) is 6.61 Å². The maximum atomic E-state index is 12.3. The second kappa shape index (κ2) is 7.20. The van der Waals surface area contributed by atoms with Crippen LogP contribution in [0.15, 0.2) is 59.5 Å². The number of nitrogens with one attached hydrogen (secondary N) is 1. The van der Waals surface area contributed by atoms with Crippen molar-refractivity contribution in [3.63, 3.8) is 0 Å². The van der Waals surface area contributed by atoms with E-state index in [9.17, 15) is 13.2 Å². The van der Waals surface area contributed by atoms with Crippen molar-refractivity contribution in [2.24, 2.45) is 0 Å². The third kappa shape index (κ3) is 4.16. The molecule has 2 rings (SSSR count). The number of carbonyl (C=O) groups excluding carboxylic acids is 1. The molecule has 0 aliphatic carbocycles. The molecule has 2 aromatic carbocycles. The molecule has 22 heavy (non-hydrogen) atoms. The van der Waals surface area contributed by atoms with E-state index in [1.54, 1.807) is 6.92 Å². The fraction of sp³-hybridized carbons (Fsp3) is 0.188. The monoisotopic (exact) mass is 319 g/mol. The molecule has 0 amide bonds. The van der Waals surface area contributed by atoms with Gasteiger partial charge in [0.25, 0.3) is 0 Å². The van der Waals surface area contributed by atoms with Crippen LogP contribution in [0.5, 0.6) is 0 Å². The summed E-state index contributed by atoms with van der Waals surface area (Å²) in [6.45, 7) is 2.12. The fourth-order valence-corrected chi connectivity index (χ4v) is 2.93. The molecule has 0 radical (unpaired) electrons. The number of carbonyl (C=O) groups is 1. The molecule has 0 aliphatic rings. The van der Waals surface area contributed by atoms with Crippen molar-refractivity contribution in [1.82, 2.24) is 4.72 Å². The first-order valence-corrected chi connectivity index (χ1v) is 8.32. The zero-order chi connectivity index (χ0) is 16.0. The Hall–Kier alpha value is -2.18. The quantitative estimate of drug-likeness (QED) is 0.830. The lowest BCUT2D eigenvalue weighted by Crippen LogP contribution is -2.23. The van der Waals surface area contributed by atoms with Crippen molar-refractivity contribution < 1.29 is 17.9 Å². The number of esters is 1. The summed E-state index contributed by atoms with van der Waals surface area (Å²) in [6.07, 6.45) is 0. The van der Waals surface area contributed by atoms with Crippen LogP contribution in [0.3, 0.4) is 0 Å². The van der Waals surface area contributed by atoms with Crippen LogP contribution < -0.4 is 4.72 Å². The Morgan fingerprint density at radius 2 is 1.82 bits per heavy atom. The second-order valence-electron chi connectivity index (χ2n) is 4.56. The number of hydrogen-bond acceptors (Lipinski definition) is 4. The summed E-state index contributed by atoms with van der Waals surface area (Å²) < 4.78 is 31.9. The Kier molecular flexibility index (Phi) is 5.30. The minimum atomic E-state index is -3.69. The van der Waals surface area contributed by atoms with Crippen LogP contribution in [0.1, 0.15) is 22.8 Å². The van der Waals surface area contributed by atoms with E-state index in [0.29, 0.717) is 0 Å². The molecule has 0 atom stereocenters. The van der Waals surface area contributed by atoms with E-state index in [2.05, 4.69) is 4.72 Å². The van der Waals surface area contributed by atoms with Gasteiger partial charge in [-0.2, -0.15) is 0 Å². The molecule has 2 aromatic rings. The lowest BCUT2D eigenvalue weighted by atomic mass is 10.2. The molecule has 5 nitrogen and oxygen atoms in total. The lowest BCUT2D eigenvalue weighted by molar-refractivity contribution is 0.0526. The normalized spacial score (nSPS) is 11.1. The Morgan fingerprint density at radius 3 is 2.50 bits per heavy atom. The van der Waals surface area contributed by atoms with Crippen LogP contribution in [0.4, 0.5) is 0 Å². The summed E-state index contributed by atoms with van der Waals surface area (Å²) >= 11 is 0. The highest BCUT2D eigenvalue weighted by Gasteiger charge is 2.16. The number of hydrogen-bond donors (Lipinski definition) is 1. The van der Waals surface area contributed by atoms with E-state index >= 15 is 0 Å². The number of sulfonamides is 1. The summed E-state index contributed by atoms with van der Waals surface area (Å²) in [4.78, 5) is 11.7. The predicted octanol–water partition coefficient (Wildman–Crippen LogP) is 2.34. The van der Waals surface area contributed by atoms with Crippen LogP contribution in [-0.2, 0) is 21.3 Å². The Bertz CT molecular complexity index is 742. The number of benzene rings is 2. The van der Waals surface area contributed by atoms with Gasteiger partial charge < -0.3 is 4.74 Å². The second-order valence-corrected chi connectivity index (χ2v) is 6.33. The smallest absolute Gasteiger partial charge is 0.338 e. The standard InChI is InChI=1S/C16H17NO4S/c1-2-21-16(18)14-9-6-10-15(11-14)22(19,20)17-12-13-7-4-3-5-8-13/h3-11,17H,2,12H2,1H3. The average molecular weight is 319 g/mol. The molecule has 0 fully saturated rings. The molecule has 0 aliphatic heterocycles. The average Bonchev–Trinajstić information content (AvgIpc) is 2.54. The van der Waals surface area contributed by atoms with Gasteiger partial charge in [0, 0.05) is 6.54 Å². The first-order valence-electron chi connectivity index (χ1n) is 6.83. The molecule has 6 heteroatoms. The van der Waals surface area contributed by atoms with Gasteiger partial charge in [-0.15, -0.1) is 0 Å². The lowest BCUT2D eigenvalue weighted by Gasteiger charge is -2.08. The minimum absolute atomic E-state index is 0.0361. The Balaban J connectivity index is 2.15. The van der Waals surface area contributed by atoms with Gasteiger partial charge in [0.1, 0.15) is 0 Å². The first kappa shape index (κ1) is 16.2. The van der Waals surface area contributed by atoms with Crippen LogP contribution in [0.25, 0.3) is 0 Å². The summed E-state index contributed by atoms with van der Waals surface area (Å²) in [5.74, 6) is -0.539. The van der Waals surface area contributed by atoms with Crippen molar-refractivity contribution in [3.8, 4) is 0 Å². The van der Waals surface area contributed by atoms with Gasteiger partial charge in [-0.05, 0) is 30.7 Å². The van der Waals surface area contributed by atoms with Crippen LogP contribution in [0, 0.1) is 0 Å². The van der Waals surface area contributed by atoms with E-state index in [-0.39, 0.29) is 23.6 Å². The molecular formula is C16H17NO4S. The fourth-order valence-electron chi connectivity index (χ4n) is 1.86. The SMILES string of the molecule is CCOC(=O)c1cccc(S(=O)(=O)NCc2ccccc2)c1. The van der Waals surface area contributed by atoms with Gasteiger partial charge in [-0.25, -0.2) is 17.9 Å². The Morgan fingerprint density at radius 1 is 1.09 bits per heavy atom. The van der Waals surface area contributed by atoms with E-state index in [4.69, 9.17) is 4.74 Å². The largest absolute Gasteiger partial charge is 0.462 e. The topological polar surface area (TPSA) is 72.5 Å². The highest BCUT2D eigenvalue weighted by molar-refractivity contribution is 7.89. The molecule has 116 valence electrons. The van der Waals surface area contributed by atoms with Gasteiger partial charge in [-0.3, -0.25) is 0 Å². The molecule has 0 unspecified atom stereocenters. The molecule has 0 heterocycles. The number of ether oxygens (including phenoxy) is 1. The summed E-state index contributed by atoms with van der Waals surface area (Å²) in [7, 11) is -3.69. The van der Waals surface area contributed by atoms with E-state index < -0.39 is 16.0 Å². The van der Waals surface area contributed by atoms with Gasteiger partial charge in [-0.1, -0.05) is 36.4 Å². The summed E-state index contributed by atoms with van der Waals surface area (Å²) in [6, 6.07) is 15.0. The van der Waals surface area contributed by atoms with Crippen molar-refractivity contribution in [1.29, 1.82) is 0 Å². The molecule has 0 saturated heterocycles. The van der Waals surface area contributed by atoms with Gasteiger partial charge >= 0.3 is 5.97 Å².